The second kappa shape index (κ2) is 6.35. The maximum Gasteiger partial charge on any atom is 0.198 e. The van der Waals surface area contributed by atoms with Gasteiger partial charge in [-0.15, -0.1) is 0 Å². The van der Waals surface area contributed by atoms with E-state index in [0.717, 1.165) is 30.5 Å². The SMILES string of the molecule is CCCc1ccc(Oc2c(F)cc(C(=N)N)cc2F)cc1. The molecule has 0 radical (unpaired) electrons. The van der Waals surface area contributed by atoms with Gasteiger partial charge in [-0.1, -0.05) is 25.5 Å². The summed E-state index contributed by atoms with van der Waals surface area (Å²) in [5, 5.41) is 7.19. The van der Waals surface area contributed by atoms with Crippen LogP contribution in [0.3, 0.4) is 0 Å². The van der Waals surface area contributed by atoms with Gasteiger partial charge in [-0.05, 0) is 36.2 Å². The van der Waals surface area contributed by atoms with E-state index in [1.54, 1.807) is 12.1 Å². The van der Waals surface area contributed by atoms with Gasteiger partial charge in [-0.25, -0.2) is 8.78 Å². The first-order valence-electron chi connectivity index (χ1n) is 6.61. The van der Waals surface area contributed by atoms with Crippen molar-refractivity contribution in [1.29, 1.82) is 5.41 Å². The Morgan fingerprint density at radius 2 is 1.71 bits per heavy atom. The molecule has 0 aliphatic heterocycles. The number of halogens is 2. The highest BCUT2D eigenvalue weighted by atomic mass is 19.1. The van der Waals surface area contributed by atoms with Crippen molar-refractivity contribution in [3.63, 3.8) is 0 Å². The van der Waals surface area contributed by atoms with E-state index in [4.69, 9.17) is 15.9 Å². The normalized spacial score (nSPS) is 10.4. The average molecular weight is 290 g/mol. The standard InChI is InChI=1S/C16H16F2N2O/c1-2-3-10-4-6-12(7-5-10)21-15-13(17)8-11(16(19)20)9-14(15)18/h4-9H,2-3H2,1H3,(H3,19,20). The molecule has 0 amide bonds. The average Bonchev–Trinajstić information content (AvgIpc) is 2.44. The van der Waals surface area contributed by atoms with Gasteiger partial charge in [-0.2, -0.15) is 0 Å². The van der Waals surface area contributed by atoms with Crippen LogP contribution < -0.4 is 10.5 Å². The van der Waals surface area contributed by atoms with Gasteiger partial charge in [0.2, 0.25) is 0 Å². The molecule has 0 atom stereocenters. The number of aryl methyl sites for hydroxylation is 1. The van der Waals surface area contributed by atoms with Crippen LogP contribution in [-0.2, 0) is 6.42 Å². The fourth-order valence-electron chi connectivity index (χ4n) is 1.94. The van der Waals surface area contributed by atoms with Crippen LogP contribution >= 0.6 is 0 Å². The summed E-state index contributed by atoms with van der Waals surface area (Å²) in [5.41, 5.74) is 6.33. The van der Waals surface area contributed by atoms with Crippen LogP contribution in [-0.4, -0.2) is 5.84 Å². The summed E-state index contributed by atoms with van der Waals surface area (Å²) in [4.78, 5) is 0. The minimum atomic E-state index is -0.891. The molecule has 0 heterocycles. The van der Waals surface area contributed by atoms with E-state index in [1.165, 1.54) is 0 Å². The number of benzene rings is 2. The van der Waals surface area contributed by atoms with Gasteiger partial charge in [0.05, 0.1) is 0 Å². The van der Waals surface area contributed by atoms with Crippen LogP contribution in [0.2, 0.25) is 0 Å². The van der Waals surface area contributed by atoms with Gasteiger partial charge < -0.3 is 10.5 Å². The molecule has 0 spiro atoms. The second-order valence-electron chi connectivity index (χ2n) is 4.68. The maximum absolute atomic E-state index is 13.8. The lowest BCUT2D eigenvalue weighted by Crippen LogP contribution is -2.12. The molecule has 0 aliphatic rings. The summed E-state index contributed by atoms with van der Waals surface area (Å²) < 4.78 is 32.9. The van der Waals surface area contributed by atoms with Crippen LogP contribution in [0.25, 0.3) is 0 Å². The first-order valence-corrected chi connectivity index (χ1v) is 6.61. The number of nitrogens with one attached hydrogen (secondary N) is 1. The van der Waals surface area contributed by atoms with E-state index in [-0.39, 0.29) is 5.56 Å². The summed E-state index contributed by atoms with van der Waals surface area (Å²) in [6.07, 6.45) is 1.96. The predicted molar refractivity (Wildman–Crippen MR) is 77.9 cm³/mol. The number of rotatable bonds is 5. The fraction of sp³-hybridized carbons (Fsp3) is 0.188. The first-order chi connectivity index (χ1) is 10.0. The monoisotopic (exact) mass is 290 g/mol. The van der Waals surface area contributed by atoms with Crippen molar-refractivity contribution in [3.05, 3.63) is 59.2 Å². The Morgan fingerprint density at radius 1 is 1.14 bits per heavy atom. The van der Waals surface area contributed by atoms with Gasteiger partial charge in [0.15, 0.2) is 17.4 Å². The Kier molecular flexibility index (Phi) is 4.52. The highest BCUT2D eigenvalue weighted by Crippen LogP contribution is 2.28. The highest BCUT2D eigenvalue weighted by Gasteiger charge is 2.14. The van der Waals surface area contributed by atoms with Gasteiger partial charge in [0.25, 0.3) is 0 Å². The van der Waals surface area contributed by atoms with E-state index >= 15 is 0 Å². The Hall–Kier alpha value is -2.43. The van der Waals surface area contributed by atoms with Crippen LogP contribution in [0.5, 0.6) is 11.5 Å². The molecule has 2 rings (SSSR count). The molecule has 110 valence electrons. The lowest BCUT2D eigenvalue weighted by Gasteiger charge is -2.10. The Balaban J connectivity index is 2.25. The van der Waals surface area contributed by atoms with Crippen LogP contribution in [0.15, 0.2) is 36.4 Å². The lowest BCUT2D eigenvalue weighted by molar-refractivity contribution is 0.407. The number of ether oxygens (including phenoxy) is 1. The third kappa shape index (κ3) is 3.56. The largest absolute Gasteiger partial charge is 0.451 e. The van der Waals surface area contributed by atoms with Crippen molar-refractivity contribution in [2.75, 3.05) is 0 Å². The highest BCUT2D eigenvalue weighted by molar-refractivity contribution is 5.95. The molecule has 0 saturated carbocycles. The molecule has 5 heteroatoms. The maximum atomic E-state index is 13.8. The van der Waals surface area contributed by atoms with E-state index < -0.39 is 23.2 Å². The van der Waals surface area contributed by atoms with Crippen molar-refractivity contribution < 1.29 is 13.5 Å². The summed E-state index contributed by atoms with van der Waals surface area (Å²) in [6.45, 7) is 2.08. The molecule has 21 heavy (non-hydrogen) atoms. The minimum absolute atomic E-state index is 0.0179. The first kappa shape index (κ1) is 15.0. The van der Waals surface area contributed by atoms with Crippen molar-refractivity contribution in [3.8, 4) is 11.5 Å². The third-order valence-electron chi connectivity index (χ3n) is 2.99. The Bertz CT molecular complexity index is 631. The number of nitrogens with two attached hydrogens (primary N) is 1. The summed E-state index contributed by atoms with van der Waals surface area (Å²) in [7, 11) is 0. The number of hydrogen-bond acceptors (Lipinski definition) is 2. The number of hydrogen-bond donors (Lipinski definition) is 2. The molecule has 0 saturated heterocycles. The van der Waals surface area contributed by atoms with Crippen molar-refractivity contribution in [1.82, 2.24) is 0 Å². The molecule has 0 fully saturated rings. The molecule has 3 N–H and O–H groups in total. The molecule has 0 bridgehead atoms. The van der Waals surface area contributed by atoms with E-state index in [0.29, 0.717) is 5.75 Å². The zero-order valence-corrected chi connectivity index (χ0v) is 11.6. The predicted octanol–water partition coefficient (Wildman–Crippen LogP) is 3.99. The van der Waals surface area contributed by atoms with Crippen molar-refractivity contribution >= 4 is 5.84 Å². The van der Waals surface area contributed by atoms with Crippen LogP contribution in [0.4, 0.5) is 8.78 Å². The molecule has 2 aromatic rings. The lowest BCUT2D eigenvalue weighted by atomic mass is 10.1. The van der Waals surface area contributed by atoms with E-state index in [9.17, 15) is 8.78 Å². The molecular formula is C16H16F2N2O. The van der Waals surface area contributed by atoms with E-state index in [1.807, 2.05) is 12.1 Å². The number of nitrogen functional groups attached to an aromatic ring is 1. The van der Waals surface area contributed by atoms with Gasteiger partial charge >= 0.3 is 0 Å². The zero-order valence-electron chi connectivity index (χ0n) is 11.6. The van der Waals surface area contributed by atoms with Gasteiger partial charge in [-0.3, -0.25) is 5.41 Å². The topological polar surface area (TPSA) is 59.1 Å². The summed E-state index contributed by atoms with van der Waals surface area (Å²) in [6, 6.07) is 9.01. The second-order valence-corrected chi connectivity index (χ2v) is 4.68. The quantitative estimate of drug-likeness (QED) is 0.646. The van der Waals surface area contributed by atoms with Crippen LogP contribution in [0, 0.1) is 17.0 Å². The number of amidine groups is 1. The minimum Gasteiger partial charge on any atom is -0.451 e. The smallest absolute Gasteiger partial charge is 0.198 e. The third-order valence-corrected chi connectivity index (χ3v) is 2.99. The Labute approximate surface area is 121 Å². The summed E-state index contributed by atoms with van der Waals surface area (Å²) in [5.74, 6) is -2.33. The molecule has 0 unspecified atom stereocenters. The van der Waals surface area contributed by atoms with E-state index in [2.05, 4.69) is 6.92 Å². The van der Waals surface area contributed by atoms with Crippen molar-refractivity contribution in [2.24, 2.45) is 5.73 Å². The molecule has 2 aromatic carbocycles. The van der Waals surface area contributed by atoms with Crippen LogP contribution in [0.1, 0.15) is 24.5 Å². The molecule has 3 nitrogen and oxygen atoms in total. The van der Waals surface area contributed by atoms with Gasteiger partial charge in [0.1, 0.15) is 11.6 Å². The summed E-state index contributed by atoms with van der Waals surface area (Å²) >= 11 is 0. The Morgan fingerprint density at radius 3 is 2.19 bits per heavy atom. The molecule has 0 aliphatic carbocycles. The molecule has 0 aromatic heterocycles. The van der Waals surface area contributed by atoms with Gasteiger partial charge in [0, 0.05) is 5.56 Å². The molecular weight excluding hydrogens is 274 g/mol. The van der Waals surface area contributed by atoms with Crippen molar-refractivity contribution in [2.45, 2.75) is 19.8 Å². The zero-order chi connectivity index (χ0) is 15.4. The fourth-order valence-corrected chi connectivity index (χ4v) is 1.94.